The van der Waals surface area contributed by atoms with Gasteiger partial charge in [0.15, 0.2) is 5.96 Å². The van der Waals surface area contributed by atoms with Crippen molar-refractivity contribution in [2.24, 2.45) is 4.99 Å². The van der Waals surface area contributed by atoms with E-state index >= 15 is 0 Å². The van der Waals surface area contributed by atoms with Crippen molar-refractivity contribution in [2.45, 2.75) is 39.8 Å². The summed E-state index contributed by atoms with van der Waals surface area (Å²) < 4.78 is 15.8. The zero-order chi connectivity index (χ0) is 19.9. The predicted molar refractivity (Wildman–Crippen MR) is 104 cm³/mol. The largest absolute Gasteiger partial charge is 0.465 e. The zero-order valence-electron chi connectivity index (χ0n) is 17.1. The number of ether oxygens (including phenoxy) is 2. The van der Waals surface area contributed by atoms with Crippen molar-refractivity contribution in [1.29, 1.82) is 0 Å². The molecule has 8 nitrogen and oxygen atoms in total. The predicted octanol–water partition coefficient (Wildman–Crippen LogP) is 1.54. The maximum Gasteiger partial charge on any atom is 0.341 e. The summed E-state index contributed by atoms with van der Waals surface area (Å²) >= 11 is 0. The van der Waals surface area contributed by atoms with Crippen LogP contribution in [-0.2, 0) is 16.0 Å². The van der Waals surface area contributed by atoms with E-state index in [2.05, 4.69) is 34.4 Å². The second-order valence-corrected chi connectivity index (χ2v) is 7.13. The average molecular weight is 380 g/mol. The number of aryl methyl sites for hydroxylation is 1. The molecular formula is C19H32N4O4. The minimum atomic E-state index is -0.399. The maximum atomic E-state index is 11.7. The topological polar surface area (TPSA) is 88.3 Å². The van der Waals surface area contributed by atoms with Gasteiger partial charge < -0.3 is 24.5 Å². The summed E-state index contributed by atoms with van der Waals surface area (Å²) in [4.78, 5) is 18.7. The minimum absolute atomic E-state index is 0.0146. The number of methoxy groups -OCH3 is 1. The zero-order valence-corrected chi connectivity index (χ0v) is 17.1. The van der Waals surface area contributed by atoms with Gasteiger partial charge in [-0.3, -0.25) is 4.90 Å². The molecule has 2 N–H and O–H groups in total. The quantitative estimate of drug-likeness (QED) is 0.421. The summed E-state index contributed by atoms with van der Waals surface area (Å²) in [6.45, 7) is 13.5. The number of guanidine groups is 1. The molecule has 1 aromatic rings. The third-order valence-corrected chi connectivity index (χ3v) is 4.67. The Kier molecular flexibility index (Phi) is 7.67. The fourth-order valence-electron chi connectivity index (χ4n) is 3.01. The highest BCUT2D eigenvalue weighted by molar-refractivity contribution is 5.90. The van der Waals surface area contributed by atoms with E-state index < -0.39 is 5.97 Å². The Bertz CT molecular complexity index is 648. The van der Waals surface area contributed by atoms with Crippen LogP contribution in [0.15, 0.2) is 15.5 Å². The van der Waals surface area contributed by atoms with Gasteiger partial charge in [0.1, 0.15) is 23.6 Å². The molecule has 1 aromatic heterocycles. The summed E-state index contributed by atoms with van der Waals surface area (Å²) in [6, 6.07) is 1.69. The molecule has 0 aromatic carbocycles. The highest BCUT2D eigenvalue weighted by Crippen LogP contribution is 2.17. The van der Waals surface area contributed by atoms with E-state index in [1.807, 2.05) is 6.92 Å². The number of hydrogen-bond donors (Lipinski definition) is 2. The van der Waals surface area contributed by atoms with Gasteiger partial charge in [-0.2, -0.15) is 0 Å². The Hall–Kier alpha value is -2.06. The third kappa shape index (κ3) is 5.97. The Labute approximate surface area is 161 Å². The molecule has 1 aliphatic heterocycles. The van der Waals surface area contributed by atoms with Gasteiger partial charge in [-0.1, -0.05) is 0 Å². The number of nitrogens with zero attached hydrogens (tertiary/aromatic N) is 2. The van der Waals surface area contributed by atoms with Crippen LogP contribution >= 0.6 is 0 Å². The van der Waals surface area contributed by atoms with Gasteiger partial charge >= 0.3 is 5.97 Å². The Morgan fingerprint density at radius 3 is 2.67 bits per heavy atom. The lowest BCUT2D eigenvalue weighted by atomic mass is 10.0. The molecule has 0 radical (unpaired) electrons. The van der Waals surface area contributed by atoms with Crippen LogP contribution in [0.5, 0.6) is 0 Å². The molecule has 0 saturated carbocycles. The Morgan fingerprint density at radius 2 is 2.04 bits per heavy atom. The molecular weight excluding hydrogens is 348 g/mol. The number of hydrogen-bond acceptors (Lipinski definition) is 6. The number of aliphatic imine (C=N–C) groups is 1. The molecule has 1 saturated heterocycles. The highest BCUT2D eigenvalue weighted by Gasteiger charge is 2.28. The van der Waals surface area contributed by atoms with E-state index in [9.17, 15) is 4.79 Å². The van der Waals surface area contributed by atoms with Crippen molar-refractivity contribution < 1.29 is 18.7 Å². The van der Waals surface area contributed by atoms with Gasteiger partial charge in [0.05, 0.1) is 20.3 Å². The van der Waals surface area contributed by atoms with Gasteiger partial charge in [0, 0.05) is 31.7 Å². The molecule has 0 amide bonds. The second kappa shape index (κ2) is 9.75. The summed E-state index contributed by atoms with van der Waals surface area (Å²) in [5.41, 5.74) is 0.424. The number of morpholine rings is 1. The van der Waals surface area contributed by atoms with E-state index in [4.69, 9.17) is 13.9 Å². The number of nitrogens with one attached hydrogen (secondary N) is 2. The van der Waals surface area contributed by atoms with Crippen molar-refractivity contribution in [3.05, 3.63) is 23.2 Å². The van der Waals surface area contributed by atoms with E-state index in [-0.39, 0.29) is 5.54 Å². The van der Waals surface area contributed by atoms with Gasteiger partial charge in [-0.15, -0.1) is 0 Å². The number of carbonyl (C=O) groups is 1. The molecule has 2 heterocycles. The molecule has 0 atom stereocenters. The third-order valence-electron chi connectivity index (χ3n) is 4.67. The second-order valence-electron chi connectivity index (χ2n) is 7.13. The number of esters is 1. The number of carbonyl (C=O) groups excluding carboxylic acids is 1. The van der Waals surface area contributed by atoms with Crippen LogP contribution in [0.4, 0.5) is 0 Å². The minimum Gasteiger partial charge on any atom is -0.465 e. The number of furan rings is 1. The maximum absolute atomic E-state index is 11.7. The van der Waals surface area contributed by atoms with Crippen molar-refractivity contribution in [3.8, 4) is 0 Å². The molecule has 152 valence electrons. The Morgan fingerprint density at radius 1 is 1.33 bits per heavy atom. The molecule has 8 heteroatoms. The summed E-state index contributed by atoms with van der Waals surface area (Å²) in [6.07, 6.45) is 0. The SMILES string of the molecule is CCNC(=NCc1cc(C(=O)OC)c(C)o1)NCC(C)(C)N1CCOCC1. The van der Waals surface area contributed by atoms with Crippen molar-refractivity contribution in [3.63, 3.8) is 0 Å². The molecule has 1 fully saturated rings. The first-order chi connectivity index (χ1) is 12.9. The van der Waals surface area contributed by atoms with Crippen LogP contribution in [0, 0.1) is 6.92 Å². The fourth-order valence-corrected chi connectivity index (χ4v) is 3.01. The molecule has 0 bridgehead atoms. The summed E-state index contributed by atoms with van der Waals surface area (Å²) in [5, 5.41) is 6.65. The molecule has 1 aliphatic rings. The van der Waals surface area contributed by atoms with Gasteiger partial charge in [-0.25, -0.2) is 9.79 Å². The molecule has 2 rings (SSSR count). The fraction of sp³-hybridized carbons (Fsp3) is 0.684. The van der Waals surface area contributed by atoms with Crippen molar-refractivity contribution >= 4 is 11.9 Å². The average Bonchev–Trinajstić information content (AvgIpc) is 3.04. The van der Waals surface area contributed by atoms with Gasteiger partial charge in [-0.05, 0) is 33.8 Å². The summed E-state index contributed by atoms with van der Waals surface area (Å²) in [7, 11) is 1.36. The van der Waals surface area contributed by atoms with Gasteiger partial charge in [0.25, 0.3) is 0 Å². The first kappa shape index (κ1) is 21.2. The van der Waals surface area contributed by atoms with Crippen LogP contribution in [0.2, 0.25) is 0 Å². The lowest BCUT2D eigenvalue weighted by Crippen LogP contribution is -2.56. The van der Waals surface area contributed by atoms with E-state index in [1.54, 1.807) is 13.0 Å². The lowest BCUT2D eigenvalue weighted by Gasteiger charge is -2.41. The van der Waals surface area contributed by atoms with Crippen LogP contribution in [0.25, 0.3) is 0 Å². The normalized spacial score (nSPS) is 16.3. The monoisotopic (exact) mass is 380 g/mol. The van der Waals surface area contributed by atoms with Crippen molar-refractivity contribution in [1.82, 2.24) is 15.5 Å². The number of rotatable bonds is 7. The highest BCUT2D eigenvalue weighted by atomic mass is 16.5. The van der Waals surface area contributed by atoms with Crippen molar-refractivity contribution in [2.75, 3.05) is 46.5 Å². The first-order valence-corrected chi connectivity index (χ1v) is 9.40. The first-order valence-electron chi connectivity index (χ1n) is 9.40. The molecule has 27 heavy (non-hydrogen) atoms. The van der Waals surface area contributed by atoms with E-state index in [0.29, 0.717) is 29.6 Å². The van der Waals surface area contributed by atoms with Gasteiger partial charge in [0.2, 0.25) is 0 Å². The van der Waals surface area contributed by atoms with E-state index in [1.165, 1.54) is 7.11 Å². The smallest absolute Gasteiger partial charge is 0.341 e. The standard InChI is InChI=1S/C19H32N4O4/c1-6-20-18(22-13-19(3,4)23-7-9-26-10-8-23)21-12-15-11-16(14(2)27-15)17(24)25-5/h11H,6-10,12-13H2,1-5H3,(H2,20,21,22). The van der Waals surface area contributed by atoms with Crippen LogP contribution in [0.1, 0.15) is 42.6 Å². The van der Waals surface area contributed by atoms with Crippen LogP contribution in [0.3, 0.4) is 0 Å². The van der Waals surface area contributed by atoms with E-state index in [0.717, 1.165) is 39.4 Å². The molecule has 0 spiro atoms. The molecule has 0 aliphatic carbocycles. The Balaban J connectivity index is 1.98. The summed E-state index contributed by atoms with van der Waals surface area (Å²) in [5.74, 6) is 1.48. The lowest BCUT2D eigenvalue weighted by molar-refractivity contribution is -0.00834. The van der Waals surface area contributed by atoms with Crippen LogP contribution in [-0.4, -0.2) is 68.9 Å². The van der Waals surface area contributed by atoms with Crippen LogP contribution < -0.4 is 10.6 Å². The molecule has 0 unspecified atom stereocenters.